The molecule has 1 N–H and O–H groups in total. The molecule has 0 saturated heterocycles. The summed E-state index contributed by atoms with van der Waals surface area (Å²) < 4.78 is 16.4. The summed E-state index contributed by atoms with van der Waals surface area (Å²) in [5.74, 6) is 1.20. The number of carbonyl (C=O) groups excluding carboxylic acids is 1. The third kappa shape index (κ3) is 6.61. The Labute approximate surface area is 154 Å². The minimum absolute atomic E-state index is 0.192. The van der Waals surface area contributed by atoms with Crippen LogP contribution in [0.2, 0.25) is 0 Å². The number of hydrogen-bond donors (Lipinski definition) is 1. The molecule has 5 heteroatoms. The van der Waals surface area contributed by atoms with E-state index in [-0.39, 0.29) is 5.91 Å². The maximum Gasteiger partial charge on any atom is 0.255 e. The van der Waals surface area contributed by atoms with Gasteiger partial charge in [-0.25, -0.2) is 0 Å². The first-order valence-corrected chi connectivity index (χ1v) is 8.57. The SMILES string of the molecule is C=C(C)COc1ccc(C(=O)Nc2cccc(OCCOCC)c2)cc1. The first-order valence-electron chi connectivity index (χ1n) is 8.57. The van der Waals surface area contributed by atoms with Crippen molar-refractivity contribution in [1.82, 2.24) is 0 Å². The molecule has 0 radical (unpaired) electrons. The minimum Gasteiger partial charge on any atom is -0.491 e. The zero-order valence-electron chi connectivity index (χ0n) is 15.3. The summed E-state index contributed by atoms with van der Waals surface area (Å²) in [6.45, 7) is 9.76. The van der Waals surface area contributed by atoms with Crippen LogP contribution in [0.3, 0.4) is 0 Å². The maximum atomic E-state index is 12.4. The molecular weight excluding hydrogens is 330 g/mol. The van der Waals surface area contributed by atoms with E-state index >= 15 is 0 Å². The second-order valence-electron chi connectivity index (χ2n) is 5.80. The molecule has 0 aliphatic rings. The molecule has 0 aliphatic carbocycles. The molecule has 138 valence electrons. The Balaban J connectivity index is 1.91. The summed E-state index contributed by atoms with van der Waals surface area (Å²) in [5.41, 5.74) is 2.16. The fourth-order valence-electron chi connectivity index (χ4n) is 2.14. The van der Waals surface area contributed by atoms with Crippen LogP contribution in [-0.4, -0.2) is 32.3 Å². The van der Waals surface area contributed by atoms with E-state index in [1.165, 1.54) is 0 Å². The van der Waals surface area contributed by atoms with Crippen molar-refractivity contribution >= 4 is 11.6 Å². The molecule has 1 amide bonds. The Kier molecular flexibility index (Phi) is 7.71. The van der Waals surface area contributed by atoms with Gasteiger partial charge in [0.2, 0.25) is 0 Å². The van der Waals surface area contributed by atoms with Gasteiger partial charge in [-0.05, 0) is 55.8 Å². The second-order valence-corrected chi connectivity index (χ2v) is 5.80. The molecule has 5 nitrogen and oxygen atoms in total. The van der Waals surface area contributed by atoms with Crippen LogP contribution in [0.25, 0.3) is 0 Å². The summed E-state index contributed by atoms with van der Waals surface area (Å²) in [4.78, 5) is 12.4. The largest absolute Gasteiger partial charge is 0.491 e. The highest BCUT2D eigenvalue weighted by molar-refractivity contribution is 6.04. The molecule has 0 aliphatic heterocycles. The zero-order chi connectivity index (χ0) is 18.8. The molecule has 2 aromatic carbocycles. The van der Waals surface area contributed by atoms with Gasteiger partial charge in [0.05, 0.1) is 6.61 Å². The van der Waals surface area contributed by atoms with Crippen molar-refractivity contribution in [2.24, 2.45) is 0 Å². The quantitative estimate of drug-likeness (QED) is 0.510. The number of rotatable bonds is 10. The van der Waals surface area contributed by atoms with Crippen LogP contribution < -0.4 is 14.8 Å². The van der Waals surface area contributed by atoms with E-state index in [1.807, 2.05) is 32.0 Å². The van der Waals surface area contributed by atoms with E-state index < -0.39 is 0 Å². The molecule has 0 aromatic heterocycles. The molecule has 0 heterocycles. The fraction of sp³-hybridized carbons (Fsp3) is 0.286. The summed E-state index contributed by atoms with van der Waals surface area (Å²) in [5, 5.41) is 2.86. The van der Waals surface area contributed by atoms with Crippen molar-refractivity contribution in [3.63, 3.8) is 0 Å². The number of benzene rings is 2. The normalized spacial score (nSPS) is 10.2. The number of carbonyl (C=O) groups is 1. The van der Waals surface area contributed by atoms with Gasteiger partial charge in [-0.1, -0.05) is 12.6 Å². The van der Waals surface area contributed by atoms with Crippen molar-refractivity contribution in [3.8, 4) is 11.5 Å². The van der Waals surface area contributed by atoms with E-state index in [0.29, 0.717) is 49.2 Å². The van der Waals surface area contributed by atoms with Crippen molar-refractivity contribution in [3.05, 3.63) is 66.2 Å². The van der Waals surface area contributed by atoms with Crippen LogP contribution in [-0.2, 0) is 4.74 Å². The third-order valence-corrected chi connectivity index (χ3v) is 3.39. The highest BCUT2D eigenvalue weighted by Gasteiger charge is 2.07. The van der Waals surface area contributed by atoms with E-state index in [4.69, 9.17) is 14.2 Å². The van der Waals surface area contributed by atoms with Gasteiger partial charge in [0.1, 0.15) is 24.7 Å². The Morgan fingerprint density at radius 3 is 2.50 bits per heavy atom. The highest BCUT2D eigenvalue weighted by Crippen LogP contribution is 2.19. The molecular formula is C21H25NO4. The topological polar surface area (TPSA) is 56.8 Å². The molecule has 0 fully saturated rings. The lowest BCUT2D eigenvalue weighted by Crippen LogP contribution is -2.12. The molecule has 26 heavy (non-hydrogen) atoms. The van der Waals surface area contributed by atoms with E-state index in [1.54, 1.807) is 30.3 Å². The molecule has 0 spiro atoms. The number of anilines is 1. The van der Waals surface area contributed by atoms with E-state index in [9.17, 15) is 4.79 Å². The molecule has 0 saturated carbocycles. The smallest absolute Gasteiger partial charge is 0.255 e. The van der Waals surface area contributed by atoms with Crippen LogP contribution in [0.5, 0.6) is 11.5 Å². The van der Waals surface area contributed by atoms with Gasteiger partial charge in [-0.2, -0.15) is 0 Å². The van der Waals surface area contributed by atoms with E-state index in [2.05, 4.69) is 11.9 Å². The second kappa shape index (κ2) is 10.3. The molecule has 0 atom stereocenters. The summed E-state index contributed by atoms with van der Waals surface area (Å²) >= 11 is 0. The maximum absolute atomic E-state index is 12.4. The van der Waals surface area contributed by atoms with Crippen molar-refractivity contribution in [2.45, 2.75) is 13.8 Å². The molecule has 0 unspecified atom stereocenters. The van der Waals surface area contributed by atoms with Crippen LogP contribution in [0.4, 0.5) is 5.69 Å². The van der Waals surface area contributed by atoms with Gasteiger partial charge in [-0.15, -0.1) is 0 Å². The van der Waals surface area contributed by atoms with Crippen molar-refractivity contribution in [2.75, 3.05) is 31.7 Å². The lowest BCUT2D eigenvalue weighted by atomic mass is 10.2. The Bertz CT molecular complexity index is 725. The van der Waals surface area contributed by atoms with Crippen molar-refractivity contribution < 1.29 is 19.0 Å². The van der Waals surface area contributed by atoms with Gasteiger partial charge in [0, 0.05) is 23.9 Å². The van der Waals surface area contributed by atoms with Gasteiger partial charge in [0.15, 0.2) is 0 Å². The van der Waals surface area contributed by atoms with Gasteiger partial charge >= 0.3 is 0 Å². The lowest BCUT2D eigenvalue weighted by molar-refractivity contribution is 0.102. The first kappa shape index (κ1) is 19.5. The predicted molar refractivity (Wildman–Crippen MR) is 103 cm³/mol. The average molecular weight is 355 g/mol. The highest BCUT2D eigenvalue weighted by atomic mass is 16.5. The number of amides is 1. The van der Waals surface area contributed by atoms with Gasteiger partial charge in [0.25, 0.3) is 5.91 Å². The van der Waals surface area contributed by atoms with E-state index in [0.717, 1.165) is 5.57 Å². The summed E-state index contributed by atoms with van der Waals surface area (Å²) in [7, 11) is 0. The Morgan fingerprint density at radius 1 is 1.04 bits per heavy atom. The summed E-state index contributed by atoms with van der Waals surface area (Å²) in [6, 6.07) is 14.3. The van der Waals surface area contributed by atoms with Crippen molar-refractivity contribution in [1.29, 1.82) is 0 Å². The number of hydrogen-bond acceptors (Lipinski definition) is 4. The monoisotopic (exact) mass is 355 g/mol. The molecule has 2 rings (SSSR count). The zero-order valence-corrected chi connectivity index (χ0v) is 15.3. The first-order chi connectivity index (χ1) is 12.6. The van der Waals surface area contributed by atoms with Gasteiger partial charge < -0.3 is 19.5 Å². The Hall–Kier alpha value is -2.79. The number of nitrogens with one attached hydrogen (secondary N) is 1. The van der Waals surface area contributed by atoms with Gasteiger partial charge in [-0.3, -0.25) is 4.79 Å². The average Bonchev–Trinajstić information content (AvgIpc) is 2.64. The lowest BCUT2D eigenvalue weighted by Gasteiger charge is -2.10. The predicted octanol–water partition coefficient (Wildman–Crippen LogP) is 4.31. The molecule has 0 bridgehead atoms. The minimum atomic E-state index is -0.192. The third-order valence-electron chi connectivity index (χ3n) is 3.39. The van der Waals surface area contributed by atoms with Crippen LogP contribution in [0.1, 0.15) is 24.2 Å². The summed E-state index contributed by atoms with van der Waals surface area (Å²) in [6.07, 6.45) is 0. The van der Waals surface area contributed by atoms with Crippen LogP contribution >= 0.6 is 0 Å². The van der Waals surface area contributed by atoms with Crippen LogP contribution in [0.15, 0.2) is 60.7 Å². The number of ether oxygens (including phenoxy) is 3. The molecule has 2 aromatic rings. The Morgan fingerprint density at radius 2 is 1.81 bits per heavy atom. The standard InChI is InChI=1S/C21H25NO4/c1-4-24-12-13-25-20-7-5-6-18(14-20)22-21(23)17-8-10-19(11-9-17)26-15-16(2)3/h5-11,14H,2,4,12-13,15H2,1,3H3,(H,22,23). The van der Waals surface area contributed by atoms with Crippen LogP contribution in [0, 0.1) is 0 Å². The fourth-order valence-corrected chi connectivity index (χ4v) is 2.14.